The van der Waals surface area contributed by atoms with Gasteiger partial charge in [-0.1, -0.05) is 43.9 Å². The number of carbonyl (C=O) groups is 2. The fourth-order valence-electron chi connectivity index (χ4n) is 3.73. The number of benzene rings is 2. The van der Waals surface area contributed by atoms with E-state index in [1.54, 1.807) is 25.3 Å². The van der Waals surface area contributed by atoms with Gasteiger partial charge in [0.2, 0.25) is 11.8 Å². The van der Waals surface area contributed by atoms with E-state index in [9.17, 15) is 9.59 Å². The van der Waals surface area contributed by atoms with Crippen molar-refractivity contribution in [1.29, 1.82) is 0 Å². The number of hydrogen-bond donors (Lipinski definition) is 2. The van der Waals surface area contributed by atoms with E-state index < -0.39 is 0 Å². The van der Waals surface area contributed by atoms with Gasteiger partial charge in [-0.15, -0.1) is 11.8 Å². The first-order valence-corrected chi connectivity index (χ1v) is 12.0. The maximum Gasteiger partial charge on any atom is 0.237 e. The van der Waals surface area contributed by atoms with Crippen LogP contribution in [-0.4, -0.2) is 24.2 Å². The molecule has 3 rings (SSSR count). The Hall–Kier alpha value is -2.18. The molecule has 0 aliphatic heterocycles. The van der Waals surface area contributed by atoms with Crippen LogP contribution in [0.4, 0.5) is 11.4 Å². The fourth-order valence-corrected chi connectivity index (χ4v) is 4.92. The molecule has 2 amide bonds. The topological polar surface area (TPSA) is 67.4 Å². The van der Waals surface area contributed by atoms with Gasteiger partial charge < -0.3 is 15.4 Å². The van der Waals surface area contributed by atoms with Crippen molar-refractivity contribution >= 4 is 46.6 Å². The average Bonchev–Trinajstić information content (AvgIpc) is 2.78. The molecule has 2 aromatic rings. The van der Waals surface area contributed by atoms with Crippen LogP contribution in [0, 0.1) is 5.92 Å². The molecule has 0 spiro atoms. The molecule has 1 unspecified atom stereocenters. The molecule has 1 aliphatic rings. The van der Waals surface area contributed by atoms with Crippen molar-refractivity contribution < 1.29 is 14.3 Å². The molecule has 2 aromatic carbocycles. The average molecular weight is 461 g/mol. The maximum absolute atomic E-state index is 12.9. The van der Waals surface area contributed by atoms with Gasteiger partial charge in [0, 0.05) is 21.5 Å². The van der Waals surface area contributed by atoms with Crippen molar-refractivity contribution in [2.45, 2.75) is 55.6 Å². The Labute approximate surface area is 193 Å². The number of amides is 2. The van der Waals surface area contributed by atoms with Crippen molar-refractivity contribution in [3.8, 4) is 5.75 Å². The lowest BCUT2D eigenvalue weighted by molar-refractivity contribution is -0.120. The zero-order valence-corrected chi connectivity index (χ0v) is 19.5. The Kier molecular flexibility index (Phi) is 8.67. The summed E-state index contributed by atoms with van der Waals surface area (Å²) >= 11 is 7.54. The van der Waals surface area contributed by atoms with Gasteiger partial charge in [-0.2, -0.15) is 0 Å². The lowest BCUT2D eigenvalue weighted by atomic mass is 9.88. The van der Waals surface area contributed by atoms with Gasteiger partial charge in [-0.05, 0) is 55.7 Å². The number of halogens is 1. The van der Waals surface area contributed by atoms with E-state index in [1.165, 1.54) is 18.2 Å². The molecule has 0 radical (unpaired) electrons. The molecule has 1 atom stereocenters. The lowest BCUT2D eigenvalue weighted by Crippen LogP contribution is -2.25. The minimum absolute atomic E-state index is 0.0969. The summed E-state index contributed by atoms with van der Waals surface area (Å²) < 4.78 is 5.32. The van der Waals surface area contributed by atoms with Crippen LogP contribution in [0.1, 0.15) is 45.4 Å². The van der Waals surface area contributed by atoms with E-state index in [1.807, 2.05) is 31.2 Å². The summed E-state index contributed by atoms with van der Waals surface area (Å²) in [6.07, 6.45) is 6.05. The third-order valence-corrected chi connectivity index (χ3v) is 7.03. The van der Waals surface area contributed by atoms with Crippen LogP contribution in [-0.2, 0) is 9.59 Å². The molecule has 1 fully saturated rings. The monoisotopic (exact) mass is 460 g/mol. The summed E-state index contributed by atoms with van der Waals surface area (Å²) in [6.45, 7) is 1.97. The van der Waals surface area contributed by atoms with E-state index in [4.69, 9.17) is 16.3 Å². The molecule has 0 aromatic heterocycles. The SMILES string of the molecule is CCC(Sc1cccc(NC(=O)C2CCCCC2)c1)C(=O)Nc1cc(Cl)ccc1OC. The maximum atomic E-state index is 12.9. The molecular formula is C24H29ClN2O3S. The molecule has 5 nitrogen and oxygen atoms in total. The first-order chi connectivity index (χ1) is 15.0. The summed E-state index contributed by atoms with van der Waals surface area (Å²) in [5, 5.41) is 6.20. The molecule has 0 saturated heterocycles. The molecule has 0 heterocycles. The first kappa shape index (κ1) is 23.5. The fraction of sp³-hybridized carbons (Fsp3) is 0.417. The van der Waals surface area contributed by atoms with Gasteiger partial charge in [0.05, 0.1) is 18.0 Å². The van der Waals surface area contributed by atoms with Crippen LogP contribution in [0.5, 0.6) is 5.75 Å². The Morgan fingerprint density at radius 1 is 1.13 bits per heavy atom. The van der Waals surface area contributed by atoms with Crippen LogP contribution >= 0.6 is 23.4 Å². The van der Waals surface area contributed by atoms with Crippen molar-refractivity contribution in [2.75, 3.05) is 17.7 Å². The van der Waals surface area contributed by atoms with Crippen molar-refractivity contribution in [3.05, 3.63) is 47.5 Å². The van der Waals surface area contributed by atoms with Gasteiger partial charge in [-0.3, -0.25) is 9.59 Å². The standard InChI is InChI=1S/C24H29ClN2O3S/c1-3-22(24(29)27-20-14-17(25)12-13-21(20)30-2)31-19-11-7-10-18(15-19)26-23(28)16-8-5-4-6-9-16/h7,10-16,22H,3-6,8-9H2,1-2H3,(H,26,28)(H,27,29). The van der Waals surface area contributed by atoms with Crippen molar-refractivity contribution in [2.24, 2.45) is 5.92 Å². The molecule has 2 N–H and O–H groups in total. The number of ether oxygens (including phenoxy) is 1. The number of anilines is 2. The Bertz CT molecular complexity index is 915. The highest BCUT2D eigenvalue weighted by molar-refractivity contribution is 8.00. The van der Waals surface area contributed by atoms with Crippen LogP contribution in [0.25, 0.3) is 0 Å². The first-order valence-electron chi connectivity index (χ1n) is 10.7. The Balaban J connectivity index is 1.64. The van der Waals surface area contributed by atoms with E-state index in [0.717, 1.165) is 36.3 Å². The Morgan fingerprint density at radius 3 is 2.61 bits per heavy atom. The van der Waals surface area contributed by atoms with Crippen LogP contribution < -0.4 is 15.4 Å². The predicted molar refractivity (Wildman–Crippen MR) is 128 cm³/mol. The molecule has 31 heavy (non-hydrogen) atoms. The van der Waals surface area contributed by atoms with E-state index >= 15 is 0 Å². The lowest BCUT2D eigenvalue weighted by Gasteiger charge is -2.21. The number of nitrogens with one attached hydrogen (secondary N) is 2. The van der Waals surface area contributed by atoms with Crippen molar-refractivity contribution in [1.82, 2.24) is 0 Å². The van der Waals surface area contributed by atoms with Crippen LogP contribution in [0.15, 0.2) is 47.4 Å². The quantitative estimate of drug-likeness (QED) is 0.448. The highest BCUT2D eigenvalue weighted by Crippen LogP contribution is 2.32. The minimum Gasteiger partial charge on any atom is -0.495 e. The molecule has 0 bridgehead atoms. The van der Waals surface area contributed by atoms with Gasteiger partial charge in [0.25, 0.3) is 0 Å². The zero-order chi connectivity index (χ0) is 22.2. The Morgan fingerprint density at radius 2 is 1.90 bits per heavy atom. The summed E-state index contributed by atoms with van der Waals surface area (Å²) in [5.41, 5.74) is 1.32. The third-order valence-electron chi connectivity index (χ3n) is 5.44. The van der Waals surface area contributed by atoms with E-state index in [2.05, 4.69) is 10.6 Å². The highest BCUT2D eigenvalue weighted by atomic mass is 35.5. The normalized spacial score (nSPS) is 15.2. The molecule has 1 aliphatic carbocycles. The number of carbonyl (C=O) groups excluding carboxylic acids is 2. The molecular weight excluding hydrogens is 432 g/mol. The molecule has 166 valence electrons. The second kappa shape index (κ2) is 11.4. The van der Waals surface area contributed by atoms with Crippen LogP contribution in [0.2, 0.25) is 5.02 Å². The number of rotatable bonds is 8. The minimum atomic E-state index is -0.298. The van der Waals surface area contributed by atoms with Crippen molar-refractivity contribution in [3.63, 3.8) is 0 Å². The van der Waals surface area contributed by atoms with E-state index in [0.29, 0.717) is 22.9 Å². The number of thioether (sulfide) groups is 1. The number of hydrogen-bond acceptors (Lipinski definition) is 4. The zero-order valence-electron chi connectivity index (χ0n) is 17.9. The molecule has 7 heteroatoms. The summed E-state index contributed by atoms with van der Waals surface area (Å²) in [4.78, 5) is 26.4. The van der Waals surface area contributed by atoms with Gasteiger partial charge in [-0.25, -0.2) is 0 Å². The van der Waals surface area contributed by atoms with Gasteiger partial charge in [0.15, 0.2) is 0 Å². The smallest absolute Gasteiger partial charge is 0.237 e. The third kappa shape index (κ3) is 6.65. The van der Waals surface area contributed by atoms with Gasteiger partial charge in [0.1, 0.15) is 5.75 Å². The number of methoxy groups -OCH3 is 1. The van der Waals surface area contributed by atoms with Crippen LogP contribution in [0.3, 0.4) is 0 Å². The summed E-state index contributed by atoms with van der Waals surface area (Å²) in [6, 6.07) is 12.8. The second-order valence-corrected chi connectivity index (χ2v) is 9.41. The molecule has 1 saturated carbocycles. The summed E-state index contributed by atoms with van der Waals surface area (Å²) in [7, 11) is 1.55. The van der Waals surface area contributed by atoms with E-state index in [-0.39, 0.29) is 23.0 Å². The summed E-state index contributed by atoms with van der Waals surface area (Å²) in [5.74, 6) is 0.640. The van der Waals surface area contributed by atoms with Gasteiger partial charge >= 0.3 is 0 Å². The predicted octanol–water partition coefficient (Wildman–Crippen LogP) is 6.38. The largest absolute Gasteiger partial charge is 0.495 e. The highest BCUT2D eigenvalue weighted by Gasteiger charge is 2.22. The second-order valence-electron chi connectivity index (χ2n) is 7.70.